The minimum Gasteiger partial charge on any atom is -0.493 e. The number of piperidine rings is 1. The van der Waals surface area contributed by atoms with Gasteiger partial charge < -0.3 is 23.8 Å². The highest BCUT2D eigenvalue weighted by Gasteiger charge is 2.36. The summed E-state index contributed by atoms with van der Waals surface area (Å²) in [6, 6.07) is 5.38. The molecule has 2 saturated heterocycles. The maximum atomic E-state index is 13.1. The lowest BCUT2D eigenvalue weighted by Gasteiger charge is -2.38. The first-order valence-corrected chi connectivity index (χ1v) is 9.59. The standard InChI is InChI=1S/C20H29NO5/c1-3-4-11-24-17-9-8-15(14-18(17)23-2)19(22)21-10-6-5-7-16(21)20-25-12-13-26-20/h8-9,14,16,20H,3-7,10-13H2,1-2H3. The second-order valence-electron chi connectivity index (χ2n) is 6.74. The van der Waals surface area contributed by atoms with E-state index in [0.717, 1.165) is 38.6 Å². The molecule has 0 saturated carbocycles. The van der Waals surface area contributed by atoms with Crippen LogP contribution in [0.2, 0.25) is 0 Å². The summed E-state index contributed by atoms with van der Waals surface area (Å²) in [7, 11) is 1.60. The number of amides is 1. The number of benzene rings is 1. The predicted octanol–water partition coefficient (Wildman–Crippen LogP) is 3.24. The molecule has 2 aliphatic heterocycles. The van der Waals surface area contributed by atoms with Gasteiger partial charge in [-0.15, -0.1) is 0 Å². The van der Waals surface area contributed by atoms with E-state index >= 15 is 0 Å². The average Bonchev–Trinajstić information content (AvgIpc) is 3.22. The molecule has 1 atom stereocenters. The Morgan fingerprint density at radius 3 is 2.77 bits per heavy atom. The maximum Gasteiger partial charge on any atom is 0.254 e. The molecule has 0 bridgehead atoms. The van der Waals surface area contributed by atoms with Crippen molar-refractivity contribution in [3.8, 4) is 11.5 Å². The Bertz CT molecular complexity index is 600. The Morgan fingerprint density at radius 1 is 1.23 bits per heavy atom. The fourth-order valence-electron chi connectivity index (χ4n) is 3.50. The number of methoxy groups -OCH3 is 1. The minimum absolute atomic E-state index is 0.00721. The van der Waals surface area contributed by atoms with Gasteiger partial charge in [0.05, 0.1) is 33.0 Å². The summed E-state index contributed by atoms with van der Waals surface area (Å²) in [5, 5.41) is 0. The van der Waals surface area contributed by atoms with Crippen LogP contribution in [0.25, 0.3) is 0 Å². The van der Waals surface area contributed by atoms with E-state index in [0.29, 0.717) is 36.9 Å². The highest BCUT2D eigenvalue weighted by atomic mass is 16.7. The van der Waals surface area contributed by atoms with Crippen LogP contribution in [0.3, 0.4) is 0 Å². The maximum absolute atomic E-state index is 13.1. The summed E-state index contributed by atoms with van der Waals surface area (Å²) in [4.78, 5) is 15.0. The number of nitrogens with zero attached hydrogens (tertiary/aromatic N) is 1. The summed E-state index contributed by atoms with van der Waals surface area (Å²) < 4.78 is 22.5. The Morgan fingerprint density at radius 2 is 2.04 bits per heavy atom. The number of rotatable bonds is 7. The van der Waals surface area contributed by atoms with E-state index in [9.17, 15) is 4.79 Å². The van der Waals surface area contributed by atoms with Crippen molar-refractivity contribution < 1.29 is 23.7 Å². The van der Waals surface area contributed by atoms with Gasteiger partial charge in [0.1, 0.15) is 0 Å². The van der Waals surface area contributed by atoms with Gasteiger partial charge in [0.2, 0.25) is 0 Å². The smallest absolute Gasteiger partial charge is 0.254 e. The molecule has 0 aliphatic carbocycles. The zero-order chi connectivity index (χ0) is 18.4. The van der Waals surface area contributed by atoms with Crippen molar-refractivity contribution in [2.24, 2.45) is 0 Å². The third-order valence-corrected chi connectivity index (χ3v) is 4.94. The summed E-state index contributed by atoms with van der Waals surface area (Å²) in [5.74, 6) is 1.26. The number of carbonyl (C=O) groups is 1. The van der Waals surface area contributed by atoms with Crippen molar-refractivity contribution in [3.05, 3.63) is 23.8 Å². The van der Waals surface area contributed by atoms with Crippen molar-refractivity contribution in [2.75, 3.05) is 33.5 Å². The van der Waals surface area contributed by atoms with Crippen molar-refractivity contribution in [1.29, 1.82) is 0 Å². The van der Waals surface area contributed by atoms with Crippen molar-refractivity contribution >= 4 is 5.91 Å². The largest absolute Gasteiger partial charge is 0.493 e. The van der Waals surface area contributed by atoms with E-state index in [2.05, 4.69) is 6.92 Å². The van der Waals surface area contributed by atoms with Gasteiger partial charge in [0.25, 0.3) is 5.91 Å². The number of likely N-dealkylation sites (tertiary alicyclic amines) is 1. The van der Waals surface area contributed by atoms with Crippen molar-refractivity contribution in [2.45, 2.75) is 51.4 Å². The zero-order valence-electron chi connectivity index (χ0n) is 15.7. The van der Waals surface area contributed by atoms with E-state index in [4.69, 9.17) is 18.9 Å². The molecule has 1 aromatic rings. The van der Waals surface area contributed by atoms with Crippen LogP contribution in [-0.4, -0.2) is 56.6 Å². The third kappa shape index (κ3) is 4.30. The van der Waals surface area contributed by atoms with Crippen LogP contribution in [0.1, 0.15) is 49.4 Å². The van der Waals surface area contributed by atoms with E-state index in [1.54, 1.807) is 13.2 Å². The van der Waals surface area contributed by atoms with Crippen LogP contribution in [0.5, 0.6) is 11.5 Å². The van der Waals surface area contributed by atoms with Crippen LogP contribution >= 0.6 is 0 Å². The SMILES string of the molecule is CCCCOc1ccc(C(=O)N2CCCCC2C2OCCO2)cc1OC. The number of carbonyl (C=O) groups excluding carboxylic acids is 1. The lowest BCUT2D eigenvalue weighted by molar-refractivity contribution is -0.100. The predicted molar refractivity (Wildman–Crippen MR) is 97.8 cm³/mol. The summed E-state index contributed by atoms with van der Waals surface area (Å²) >= 11 is 0. The number of ether oxygens (including phenoxy) is 4. The van der Waals surface area contributed by atoms with Crippen LogP contribution in [0.15, 0.2) is 18.2 Å². The van der Waals surface area contributed by atoms with Gasteiger partial charge in [0.15, 0.2) is 17.8 Å². The molecule has 6 nitrogen and oxygen atoms in total. The van der Waals surface area contributed by atoms with Crippen molar-refractivity contribution in [3.63, 3.8) is 0 Å². The molecular formula is C20H29NO5. The second-order valence-corrected chi connectivity index (χ2v) is 6.74. The second kappa shape index (κ2) is 9.24. The third-order valence-electron chi connectivity index (χ3n) is 4.94. The molecule has 1 amide bonds. The van der Waals surface area contributed by atoms with Crippen LogP contribution < -0.4 is 9.47 Å². The van der Waals surface area contributed by atoms with E-state index in [-0.39, 0.29) is 18.2 Å². The van der Waals surface area contributed by atoms with E-state index < -0.39 is 0 Å². The molecule has 6 heteroatoms. The van der Waals surface area contributed by atoms with Gasteiger partial charge in [-0.3, -0.25) is 4.79 Å². The normalized spacial score (nSPS) is 21.0. The molecule has 0 radical (unpaired) electrons. The summed E-state index contributed by atoms with van der Waals surface area (Å²) in [6.45, 7) is 4.69. The molecule has 0 spiro atoms. The molecule has 144 valence electrons. The monoisotopic (exact) mass is 363 g/mol. The molecule has 0 N–H and O–H groups in total. The topological polar surface area (TPSA) is 57.2 Å². The fraction of sp³-hybridized carbons (Fsp3) is 0.650. The lowest BCUT2D eigenvalue weighted by atomic mass is 10.00. The number of hydrogen-bond acceptors (Lipinski definition) is 5. The Kier molecular flexibility index (Phi) is 6.74. The van der Waals surface area contributed by atoms with Gasteiger partial charge >= 0.3 is 0 Å². The number of hydrogen-bond donors (Lipinski definition) is 0. The lowest BCUT2D eigenvalue weighted by Crippen LogP contribution is -2.50. The van der Waals surface area contributed by atoms with Crippen LogP contribution in [0, 0.1) is 0 Å². The number of unbranched alkanes of at least 4 members (excludes halogenated alkanes) is 1. The first-order valence-electron chi connectivity index (χ1n) is 9.59. The molecule has 2 aliphatic rings. The summed E-state index contributed by atoms with van der Waals surface area (Å²) in [6.07, 6.45) is 4.75. The first kappa shape index (κ1) is 19.0. The van der Waals surface area contributed by atoms with Gasteiger partial charge in [0, 0.05) is 12.1 Å². The molecule has 2 heterocycles. The van der Waals surface area contributed by atoms with Gasteiger partial charge in [-0.2, -0.15) is 0 Å². The van der Waals surface area contributed by atoms with E-state index in [1.807, 2.05) is 17.0 Å². The summed E-state index contributed by atoms with van der Waals surface area (Å²) in [5.41, 5.74) is 0.606. The molecule has 1 aromatic carbocycles. The molecule has 0 aromatic heterocycles. The Labute approximate surface area is 155 Å². The van der Waals surface area contributed by atoms with Gasteiger partial charge in [-0.25, -0.2) is 0 Å². The molecule has 2 fully saturated rings. The van der Waals surface area contributed by atoms with Crippen LogP contribution in [-0.2, 0) is 9.47 Å². The zero-order valence-corrected chi connectivity index (χ0v) is 15.7. The molecule has 26 heavy (non-hydrogen) atoms. The van der Waals surface area contributed by atoms with E-state index in [1.165, 1.54) is 0 Å². The first-order chi connectivity index (χ1) is 12.7. The average molecular weight is 363 g/mol. The Balaban J connectivity index is 1.74. The highest BCUT2D eigenvalue weighted by Crippen LogP contribution is 2.31. The highest BCUT2D eigenvalue weighted by molar-refractivity contribution is 5.95. The van der Waals surface area contributed by atoms with Crippen molar-refractivity contribution in [1.82, 2.24) is 4.90 Å². The molecule has 3 rings (SSSR count). The van der Waals surface area contributed by atoms with Gasteiger partial charge in [-0.1, -0.05) is 13.3 Å². The minimum atomic E-state index is -0.308. The fourth-order valence-corrected chi connectivity index (χ4v) is 3.50. The quantitative estimate of drug-likeness (QED) is 0.696. The Hall–Kier alpha value is -1.79. The molecule has 1 unspecified atom stereocenters. The van der Waals surface area contributed by atoms with Crippen LogP contribution in [0.4, 0.5) is 0 Å². The molecular weight excluding hydrogens is 334 g/mol. The van der Waals surface area contributed by atoms with Gasteiger partial charge in [-0.05, 0) is 43.9 Å².